The Morgan fingerprint density at radius 1 is 1.36 bits per heavy atom. The summed E-state index contributed by atoms with van der Waals surface area (Å²) in [5.74, 6) is -0.618. The minimum absolute atomic E-state index is 0.0399. The van der Waals surface area contributed by atoms with E-state index in [1.54, 1.807) is 11.8 Å². The number of carbonyl (C=O) groups excluding carboxylic acids is 1. The second-order valence-electron chi connectivity index (χ2n) is 8.66. The number of nitrogens with zero attached hydrogens (tertiary/aromatic N) is 4. The largest absolute Gasteiger partial charge is 0.490 e. The molecule has 1 unspecified atom stereocenters. The second-order valence-corrected chi connectivity index (χ2v) is 8.66. The van der Waals surface area contributed by atoms with Gasteiger partial charge in [0.05, 0.1) is 49.7 Å². The summed E-state index contributed by atoms with van der Waals surface area (Å²) in [5, 5.41) is 8.33. The molecule has 0 bridgehead atoms. The Labute approximate surface area is 203 Å². The lowest BCUT2D eigenvalue weighted by Gasteiger charge is -2.41. The maximum Gasteiger partial charge on any atom is 0.418 e. The van der Waals surface area contributed by atoms with Crippen molar-refractivity contribution in [3.63, 3.8) is 0 Å². The molecule has 0 saturated carbocycles. The van der Waals surface area contributed by atoms with Gasteiger partial charge in [-0.1, -0.05) is 0 Å². The van der Waals surface area contributed by atoms with Gasteiger partial charge in [-0.2, -0.15) is 22.7 Å². The number of rotatable bonds is 7. The predicted molar refractivity (Wildman–Crippen MR) is 120 cm³/mol. The van der Waals surface area contributed by atoms with Crippen molar-refractivity contribution in [1.29, 1.82) is 0 Å². The molecule has 2 aromatic heterocycles. The lowest BCUT2D eigenvalue weighted by molar-refractivity contribution is -0.138. The van der Waals surface area contributed by atoms with Gasteiger partial charge >= 0.3 is 11.7 Å². The van der Waals surface area contributed by atoms with Gasteiger partial charge in [-0.25, -0.2) is 10.1 Å². The van der Waals surface area contributed by atoms with Crippen molar-refractivity contribution in [1.82, 2.24) is 20.1 Å². The summed E-state index contributed by atoms with van der Waals surface area (Å²) < 4.78 is 64.0. The number of aromatic nitrogens is 3. The molecule has 0 aromatic carbocycles. The van der Waals surface area contributed by atoms with Gasteiger partial charge in [0, 0.05) is 38.3 Å². The van der Waals surface area contributed by atoms with Crippen LogP contribution in [0, 0.1) is 5.82 Å². The molecule has 2 atom stereocenters. The fraction of sp³-hybridized carbons (Fsp3) is 0.545. The van der Waals surface area contributed by atoms with Crippen LogP contribution in [0.4, 0.5) is 29.1 Å². The van der Waals surface area contributed by atoms with Gasteiger partial charge in [-0.05, 0) is 13.0 Å². The number of anilines is 2. The van der Waals surface area contributed by atoms with Crippen molar-refractivity contribution in [2.75, 3.05) is 49.7 Å². The molecular formula is C22H26F4N6O4. The Morgan fingerprint density at radius 2 is 2.17 bits per heavy atom. The van der Waals surface area contributed by atoms with Crippen molar-refractivity contribution >= 4 is 17.4 Å². The highest BCUT2D eigenvalue weighted by atomic mass is 19.4. The highest BCUT2D eigenvalue weighted by molar-refractivity contribution is 5.76. The molecular weight excluding hydrogens is 488 g/mol. The zero-order chi connectivity index (χ0) is 25.9. The third-order valence-corrected chi connectivity index (χ3v) is 6.00. The average molecular weight is 514 g/mol. The Morgan fingerprint density at radius 3 is 2.94 bits per heavy atom. The van der Waals surface area contributed by atoms with Crippen molar-refractivity contribution in [3.8, 4) is 5.75 Å². The van der Waals surface area contributed by atoms with E-state index in [0.29, 0.717) is 31.9 Å². The molecule has 0 aliphatic carbocycles. The average Bonchev–Trinajstić information content (AvgIpc) is 3.02. The van der Waals surface area contributed by atoms with Crippen LogP contribution in [0.2, 0.25) is 0 Å². The third-order valence-electron chi connectivity index (χ3n) is 6.00. The number of carbonyl (C=O) groups is 1. The smallest absolute Gasteiger partial charge is 0.418 e. The maximum absolute atomic E-state index is 13.8. The van der Waals surface area contributed by atoms with E-state index in [2.05, 4.69) is 15.4 Å². The van der Waals surface area contributed by atoms with Crippen LogP contribution in [0.15, 0.2) is 23.3 Å². The molecule has 2 aromatic rings. The Balaban J connectivity index is 1.25. The van der Waals surface area contributed by atoms with E-state index in [1.807, 2.05) is 10.00 Å². The lowest BCUT2D eigenvalue weighted by atomic mass is 10.1. The van der Waals surface area contributed by atoms with Crippen LogP contribution in [0.5, 0.6) is 5.75 Å². The summed E-state index contributed by atoms with van der Waals surface area (Å²) in [6.07, 6.45) is -1.87. The van der Waals surface area contributed by atoms with Gasteiger partial charge in [0.15, 0.2) is 11.6 Å². The minimum Gasteiger partial charge on any atom is -0.490 e. The van der Waals surface area contributed by atoms with E-state index < -0.39 is 23.1 Å². The highest BCUT2D eigenvalue weighted by Gasteiger charge is 2.36. The molecule has 2 aliphatic rings. The van der Waals surface area contributed by atoms with E-state index in [1.165, 1.54) is 0 Å². The monoisotopic (exact) mass is 514 g/mol. The predicted octanol–water partition coefficient (Wildman–Crippen LogP) is 2.03. The summed E-state index contributed by atoms with van der Waals surface area (Å²) >= 11 is 0. The standard InChI is InChI=1S/C22H26F4N6O4/c1-13(29-16-10-28-30-21(34)19(16)23)12-35-6-3-18(33)31-4-5-32-15(11-31)2-7-36-17-8-14(22(24,25)26)9-27-20(17)32/h8-10,13,15H,2-7,11-12H2,1H3,(H2,29,30,34)/t13-,15?/m0/s1. The first kappa shape index (κ1) is 25.7. The normalized spacial score (nSPS) is 18.5. The van der Waals surface area contributed by atoms with Gasteiger partial charge < -0.3 is 24.6 Å². The van der Waals surface area contributed by atoms with E-state index in [4.69, 9.17) is 9.47 Å². The number of hydrogen-bond donors (Lipinski definition) is 2. The maximum atomic E-state index is 13.8. The van der Waals surface area contributed by atoms with Gasteiger partial charge in [-0.3, -0.25) is 9.59 Å². The number of pyridine rings is 1. The quantitative estimate of drug-likeness (QED) is 0.427. The lowest BCUT2D eigenvalue weighted by Crippen LogP contribution is -2.55. The van der Waals surface area contributed by atoms with Crippen LogP contribution in [-0.4, -0.2) is 77.5 Å². The number of halogens is 4. The number of H-pyrrole nitrogens is 1. The van der Waals surface area contributed by atoms with Gasteiger partial charge in [0.25, 0.3) is 0 Å². The van der Waals surface area contributed by atoms with Crippen LogP contribution in [0.25, 0.3) is 0 Å². The number of alkyl halides is 3. The first-order chi connectivity index (χ1) is 17.1. The SMILES string of the molecule is C[C@@H](COCCC(=O)N1CCN2c3ncc(C(F)(F)F)cc3OCCC2C1)Nc1cn[nH]c(=O)c1F. The van der Waals surface area contributed by atoms with Crippen LogP contribution in [-0.2, 0) is 15.7 Å². The minimum atomic E-state index is -4.51. The molecule has 196 valence electrons. The van der Waals surface area contributed by atoms with E-state index in [9.17, 15) is 27.2 Å². The number of piperazine rings is 1. The topological polar surface area (TPSA) is 113 Å². The Kier molecular flexibility index (Phi) is 7.62. The number of ether oxygens (including phenoxy) is 2. The van der Waals surface area contributed by atoms with Crippen LogP contribution >= 0.6 is 0 Å². The number of fused-ring (bicyclic) bond motifs is 3. The molecule has 0 spiro atoms. The molecule has 36 heavy (non-hydrogen) atoms. The van der Waals surface area contributed by atoms with E-state index in [0.717, 1.165) is 18.5 Å². The van der Waals surface area contributed by atoms with Crippen LogP contribution in [0.1, 0.15) is 25.3 Å². The van der Waals surface area contributed by atoms with Crippen LogP contribution < -0.4 is 20.5 Å². The zero-order valence-corrected chi connectivity index (χ0v) is 19.5. The molecule has 2 N–H and O–H groups in total. The Hall–Kier alpha value is -3.42. The molecule has 1 amide bonds. The van der Waals surface area contributed by atoms with Gasteiger partial charge in [-0.15, -0.1) is 0 Å². The third kappa shape index (κ3) is 5.86. The summed E-state index contributed by atoms with van der Waals surface area (Å²) in [5.41, 5.74) is -1.83. The molecule has 10 nitrogen and oxygen atoms in total. The Bertz CT molecular complexity index is 1140. The van der Waals surface area contributed by atoms with Crippen molar-refractivity contribution in [2.24, 2.45) is 0 Å². The summed E-state index contributed by atoms with van der Waals surface area (Å²) in [6.45, 7) is 3.50. The fourth-order valence-electron chi connectivity index (χ4n) is 4.20. The summed E-state index contributed by atoms with van der Waals surface area (Å²) in [7, 11) is 0. The molecule has 14 heteroatoms. The fourth-order valence-corrected chi connectivity index (χ4v) is 4.20. The molecule has 1 fully saturated rings. The van der Waals surface area contributed by atoms with Crippen molar-refractivity contribution in [3.05, 3.63) is 40.2 Å². The van der Waals surface area contributed by atoms with E-state index in [-0.39, 0.29) is 55.7 Å². The molecule has 0 radical (unpaired) electrons. The number of nitrogens with one attached hydrogen (secondary N) is 2. The van der Waals surface area contributed by atoms with Crippen molar-refractivity contribution in [2.45, 2.75) is 38.0 Å². The molecule has 1 saturated heterocycles. The van der Waals surface area contributed by atoms with Gasteiger partial charge in [0.2, 0.25) is 11.7 Å². The van der Waals surface area contributed by atoms with Crippen molar-refractivity contribution < 1.29 is 31.8 Å². The van der Waals surface area contributed by atoms with Crippen LogP contribution in [0.3, 0.4) is 0 Å². The summed E-state index contributed by atoms with van der Waals surface area (Å²) in [6, 6.07) is 0.505. The zero-order valence-electron chi connectivity index (χ0n) is 19.5. The number of amides is 1. The van der Waals surface area contributed by atoms with Gasteiger partial charge in [0.1, 0.15) is 0 Å². The number of aromatic amines is 1. The number of hydrogen-bond acceptors (Lipinski definition) is 8. The first-order valence-corrected chi connectivity index (χ1v) is 11.5. The molecule has 4 heterocycles. The molecule has 2 aliphatic heterocycles. The second kappa shape index (κ2) is 10.7. The molecule has 4 rings (SSSR count). The first-order valence-electron chi connectivity index (χ1n) is 11.5. The summed E-state index contributed by atoms with van der Waals surface area (Å²) in [4.78, 5) is 31.6. The van der Waals surface area contributed by atoms with E-state index >= 15 is 0 Å². The highest BCUT2D eigenvalue weighted by Crippen LogP contribution is 2.38.